The van der Waals surface area contributed by atoms with E-state index in [1.54, 1.807) is 20.2 Å². The Morgan fingerprint density at radius 3 is 2.72 bits per heavy atom. The van der Waals surface area contributed by atoms with Gasteiger partial charge in [0, 0.05) is 37.7 Å². The number of nitrogens with one attached hydrogen (secondary N) is 3. The number of phenols is 1. The van der Waals surface area contributed by atoms with Crippen LogP contribution in [0.25, 0.3) is 0 Å². The van der Waals surface area contributed by atoms with Crippen LogP contribution >= 0.6 is 24.0 Å². The minimum Gasteiger partial charge on any atom is -0.508 e. The van der Waals surface area contributed by atoms with Gasteiger partial charge < -0.3 is 25.8 Å². The van der Waals surface area contributed by atoms with E-state index in [2.05, 4.69) is 20.9 Å². The molecule has 1 fully saturated rings. The van der Waals surface area contributed by atoms with Crippen molar-refractivity contribution >= 4 is 35.8 Å². The van der Waals surface area contributed by atoms with E-state index >= 15 is 0 Å². The standard InChI is InChI=1S/C21H34N4O3.HI/c1-14(2)24-20(27)16-6-5-7-17(12-16)25-21(22-3)23-11-10-15-8-9-18(28-4)13-19(15)26;/h8-9,13-14,16-17,26H,5-7,10-12H2,1-4H3,(H,24,27)(H2,22,23,25);1H. The summed E-state index contributed by atoms with van der Waals surface area (Å²) in [6.45, 7) is 4.62. The number of aliphatic imine (C=N–C) groups is 1. The summed E-state index contributed by atoms with van der Waals surface area (Å²) >= 11 is 0. The monoisotopic (exact) mass is 518 g/mol. The zero-order valence-electron chi connectivity index (χ0n) is 17.8. The van der Waals surface area contributed by atoms with Gasteiger partial charge in [-0.15, -0.1) is 24.0 Å². The highest BCUT2D eigenvalue weighted by Gasteiger charge is 2.27. The van der Waals surface area contributed by atoms with Gasteiger partial charge in [0.15, 0.2) is 5.96 Å². The minimum atomic E-state index is 0. The zero-order valence-corrected chi connectivity index (χ0v) is 20.2. The van der Waals surface area contributed by atoms with Crippen molar-refractivity contribution in [2.24, 2.45) is 10.9 Å². The van der Waals surface area contributed by atoms with Gasteiger partial charge in [-0.3, -0.25) is 9.79 Å². The molecule has 1 aromatic carbocycles. The SMILES string of the molecule is CN=C(NCCc1ccc(OC)cc1O)NC1CCCC(C(=O)NC(C)C)C1.I. The third-order valence-corrected chi connectivity index (χ3v) is 5.02. The van der Waals surface area contributed by atoms with E-state index in [1.807, 2.05) is 26.0 Å². The van der Waals surface area contributed by atoms with E-state index in [0.29, 0.717) is 18.7 Å². The average Bonchev–Trinajstić information content (AvgIpc) is 2.68. The highest BCUT2D eigenvalue weighted by atomic mass is 127. The van der Waals surface area contributed by atoms with Crippen molar-refractivity contribution in [2.75, 3.05) is 20.7 Å². The Balaban J connectivity index is 0.00000420. The fourth-order valence-electron chi connectivity index (χ4n) is 3.55. The number of halogens is 1. The Bertz CT molecular complexity index is 682. The molecule has 2 unspecified atom stereocenters. The largest absolute Gasteiger partial charge is 0.508 e. The van der Waals surface area contributed by atoms with Crippen LogP contribution in [-0.2, 0) is 11.2 Å². The van der Waals surface area contributed by atoms with Gasteiger partial charge in [0.05, 0.1) is 7.11 Å². The number of aromatic hydroxyl groups is 1. The molecule has 0 spiro atoms. The van der Waals surface area contributed by atoms with Crippen molar-refractivity contribution in [3.05, 3.63) is 23.8 Å². The van der Waals surface area contributed by atoms with Gasteiger partial charge in [0.25, 0.3) is 0 Å². The first-order valence-electron chi connectivity index (χ1n) is 10.1. The summed E-state index contributed by atoms with van der Waals surface area (Å²) in [7, 11) is 3.32. The molecule has 2 atom stereocenters. The molecular weight excluding hydrogens is 483 g/mol. The summed E-state index contributed by atoms with van der Waals surface area (Å²) in [5.41, 5.74) is 0.854. The topological polar surface area (TPSA) is 95.0 Å². The lowest BCUT2D eigenvalue weighted by atomic mass is 9.85. The number of amides is 1. The molecular formula is C21H35IN4O3. The summed E-state index contributed by atoms with van der Waals surface area (Å²) in [6.07, 6.45) is 4.49. The molecule has 4 N–H and O–H groups in total. The van der Waals surface area contributed by atoms with Crippen LogP contribution in [0.4, 0.5) is 0 Å². The maximum atomic E-state index is 12.3. The molecule has 1 aliphatic rings. The number of rotatable bonds is 7. The summed E-state index contributed by atoms with van der Waals surface area (Å²) in [4.78, 5) is 16.6. The Kier molecular flexibility index (Phi) is 11.2. The van der Waals surface area contributed by atoms with Gasteiger partial charge in [0.2, 0.25) is 5.91 Å². The van der Waals surface area contributed by atoms with Crippen molar-refractivity contribution in [2.45, 2.75) is 58.0 Å². The van der Waals surface area contributed by atoms with Crippen LogP contribution in [0.2, 0.25) is 0 Å². The second-order valence-electron chi connectivity index (χ2n) is 7.61. The van der Waals surface area contributed by atoms with Crippen LogP contribution in [0, 0.1) is 5.92 Å². The first kappa shape index (κ1) is 25.3. The van der Waals surface area contributed by atoms with Gasteiger partial charge in [-0.2, -0.15) is 0 Å². The van der Waals surface area contributed by atoms with Gasteiger partial charge >= 0.3 is 0 Å². The molecule has 1 saturated carbocycles. The highest BCUT2D eigenvalue weighted by molar-refractivity contribution is 14.0. The van der Waals surface area contributed by atoms with Gasteiger partial charge in [-0.1, -0.05) is 12.5 Å². The normalized spacial score (nSPS) is 19.3. The van der Waals surface area contributed by atoms with E-state index in [0.717, 1.165) is 37.2 Å². The molecule has 0 heterocycles. The number of ether oxygens (including phenoxy) is 1. The average molecular weight is 518 g/mol. The van der Waals surface area contributed by atoms with Crippen LogP contribution in [0.15, 0.2) is 23.2 Å². The molecule has 0 bridgehead atoms. The number of hydrogen-bond donors (Lipinski definition) is 4. The van der Waals surface area contributed by atoms with Crippen molar-refractivity contribution < 1.29 is 14.6 Å². The Morgan fingerprint density at radius 2 is 2.10 bits per heavy atom. The molecule has 1 aromatic rings. The number of nitrogens with zero attached hydrogens (tertiary/aromatic N) is 1. The number of carbonyl (C=O) groups excluding carboxylic acids is 1. The summed E-state index contributed by atoms with van der Waals surface area (Å²) < 4.78 is 5.11. The first-order chi connectivity index (χ1) is 13.4. The molecule has 29 heavy (non-hydrogen) atoms. The lowest BCUT2D eigenvalue weighted by Gasteiger charge is -2.30. The predicted molar refractivity (Wildman–Crippen MR) is 127 cm³/mol. The highest BCUT2D eigenvalue weighted by Crippen LogP contribution is 2.25. The first-order valence-corrected chi connectivity index (χ1v) is 10.1. The third kappa shape index (κ3) is 8.28. The number of guanidine groups is 1. The smallest absolute Gasteiger partial charge is 0.223 e. The lowest BCUT2D eigenvalue weighted by Crippen LogP contribution is -2.47. The molecule has 0 aromatic heterocycles. The molecule has 8 heteroatoms. The summed E-state index contributed by atoms with van der Waals surface area (Å²) in [6, 6.07) is 5.73. The quantitative estimate of drug-likeness (QED) is 0.253. The van der Waals surface area contributed by atoms with Crippen LogP contribution in [-0.4, -0.2) is 49.8 Å². The molecule has 1 amide bonds. The predicted octanol–water partition coefficient (Wildman–Crippen LogP) is 2.81. The number of benzene rings is 1. The maximum Gasteiger partial charge on any atom is 0.223 e. The van der Waals surface area contributed by atoms with E-state index in [1.165, 1.54) is 0 Å². The number of carbonyl (C=O) groups is 1. The summed E-state index contributed by atoms with van der Waals surface area (Å²) in [5.74, 6) is 1.81. The van der Waals surface area contributed by atoms with Crippen molar-refractivity contribution in [1.29, 1.82) is 0 Å². The third-order valence-electron chi connectivity index (χ3n) is 5.02. The lowest BCUT2D eigenvalue weighted by molar-refractivity contribution is -0.126. The number of hydrogen-bond acceptors (Lipinski definition) is 4. The van der Waals surface area contributed by atoms with Gasteiger partial charge in [-0.25, -0.2) is 0 Å². The maximum absolute atomic E-state index is 12.3. The van der Waals surface area contributed by atoms with Gasteiger partial charge in [-0.05, 0) is 51.2 Å². The molecule has 164 valence electrons. The van der Waals surface area contributed by atoms with E-state index < -0.39 is 0 Å². The molecule has 0 saturated heterocycles. The molecule has 1 aliphatic carbocycles. The van der Waals surface area contributed by atoms with E-state index in [-0.39, 0.29) is 53.6 Å². The molecule has 0 radical (unpaired) electrons. The fraction of sp³-hybridized carbons (Fsp3) is 0.619. The van der Waals surface area contributed by atoms with Crippen molar-refractivity contribution in [1.82, 2.24) is 16.0 Å². The second kappa shape index (κ2) is 12.8. The van der Waals surface area contributed by atoms with Crippen LogP contribution in [0.1, 0.15) is 45.1 Å². The Hall–Kier alpha value is -1.71. The van der Waals surface area contributed by atoms with E-state index in [9.17, 15) is 9.90 Å². The molecule has 2 rings (SSSR count). The zero-order chi connectivity index (χ0) is 20.5. The summed E-state index contributed by atoms with van der Waals surface area (Å²) in [5, 5.41) is 19.8. The van der Waals surface area contributed by atoms with Crippen molar-refractivity contribution in [3.8, 4) is 11.5 Å². The van der Waals surface area contributed by atoms with Crippen LogP contribution < -0.4 is 20.7 Å². The van der Waals surface area contributed by atoms with Crippen LogP contribution in [0.5, 0.6) is 11.5 Å². The Morgan fingerprint density at radius 1 is 1.34 bits per heavy atom. The van der Waals surface area contributed by atoms with Crippen molar-refractivity contribution in [3.63, 3.8) is 0 Å². The minimum absolute atomic E-state index is 0. The van der Waals surface area contributed by atoms with Crippen LogP contribution in [0.3, 0.4) is 0 Å². The van der Waals surface area contributed by atoms with E-state index in [4.69, 9.17) is 4.74 Å². The number of phenolic OH excluding ortho intramolecular Hbond substituents is 1. The fourth-order valence-corrected chi connectivity index (χ4v) is 3.55. The molecule has 7 nitrogen and oxygen atoms in total. The Labute approximate surface area is 191 Å². The molecule has 0 aliphatic heterocycles. The second-order valence-corrected chi connectivity index (χ2v) is 7.61. The van der Waals surface area contributed by atoms with Gasteiger partial charge in [0.1, 0.15) is 11.5 Å². The number of methoxy groups -OCH3 is 1.